The van der Waals surface area contributed by atoms with Gasteiger partial charge in [0.1, 0.15) is 5.82 Å². The monoisotopic (exact) mass is 214 g/mol. The Morgan fingerprint density at radius 1 is 1.43 bits per heavy atom. The molecule has 0 unspecified atom stereocenters. The van der Waals surface area contributed by atoms with E-state index in [9.17, 15) is 0 Å². The summed E-state index contributed by atoms with van der Waals surface area (Å²) in [6.07, 6.45) is 2.37. The van der Waals surface area contributed by atoms with Crippen molar-refractivity contribution in [3.8, 4) is 0 Å². The molecule has 1 heterocycles. The van der Waals surface area contributed by atoms with Gasteiger partial charge >= 0.3 is 0 Å². The molecule has 0 atom stereocenters. The lowest BCUT2D eigenvalue weighted by Gasteiger charge is -2.00. The van der Waals surface area contributed by atoms with Gasteiger partial charge in [-0.25, -0.2) is 4.98 Å². The number of aromatic nitrogens is 3. The van der Waals surface area contributed by atoms with Crippen LogP contribution in [0, 0.1) is 6.92 Å². The minimum atomic E-state index is 0.859. The third-order valence-corrected chi connectivity index (χ3v) is 2.67. The molecular formula is C9H18N4S. The molecule has 0 aliphatic rings. The van der Waals surface area contributed by atoms with E-state index in [1.807, 2.05) is 6.92 Å². The highest BCUT2D eigenvalue weighted by molar-refractivity contribution is 7.99. The van der Waals surface area contributed by atoms with E-state index in [0.29, 0.717) is 0 Å². The Morgan fingerprint density at radius 3 is 2.93 bits per heavy atom. The summed E-state index contributed by atoms with van der Waals surface area (Å²) in [5.41, 5.74) is 0. The summed E-state index contributed by atoms with van der Waals surface area (Å²) in [6.45, 7) is 6.30. The van der Waals surface area contributed by atoms with Crippen LogP contribution in [0.5, 0.6) is 0 Å². The topological polar surface area (TPSA) is 53.6 Å². The van der Waals surface area contributed by atoms with Gasteiger partial charge in [0.15, 0.2) is 0 Å². The number of nitrogens with zero attached hydrogens (tertiary/aromatic N) is 2. The average molecular weight is 214 g/mol. The average Bonchev–Trinajstić information content (AvgIpc) is 2.58. The van der Waals surface area contributed by atoms with E-state index < -0.39 is 0 Å². The number of nitrogens with one attached hydrogen (secondary N) is 2. The fourth-order valence-electron chi connectivity index (χ4n) is 1.05. The molecule has 14 heavy (non-hydrogen) atoms. The van der Waals surface area contributed by atoms with E-state index in [-0.39, 0.29) is 0 Å². The predicted octanol–water partition coefficient (Wildman–Crippen LogP) is 1.59. The van der Waals surface area contributed by atoms with E-state index in [4.69, 9.17) is 0 Å². The van der Waals surface area contributed by atoms with Crippen molar-refractivity contribution in [3.05, 3.63) is 5.82 Å². The van der Waals surface area contributed by atoms with Crippen molar-refractivity contribution < 1.29 is 0 Å². The zero-order valence-electron chi connectivity index (χ0n) is 8.84. The number of H-pyrrole nitrogens is 1. The lowest BCUT2D eigenvalue weighted by molar-refractivity contribution is 0.664. The van der Waals surface area contributed by atoms with Crippen molar-refractivity contribution in [3.63, 3.8) is 0 Å². The molecule has 5 heteroatoms. The Bertz CT molecular complexity index is 249. The minimum Gasteiger partial charge on any atom is -0.317 e. The molecular weight excluding hydrogens is 196 g/mol. The lowest BCUT2D eigenvalue weighted by atomic mass is 10.4. The van der Waals surface area contributed by atoms with Crippen LogP contribution in [-0.2, 0) is 0 Å². The molecule has 0 saturated carbocycles. The molecule has 1 rings (SSSR count). The molecule has 1 aromatic heterocycles. The predicted molar refractivity (Wildman–Crippen MR) is 59.6 cm³/mol. The van der Waals surface area contributed by atoms with E-state index in [2.05, 4.69) is 27.4 Å². The van der Waals surface area contributed by atoms with Crippen LogP contribution in [0.3, 0.4) is 0 Å². The highest BCUT2D eigenvalue weighted by Gasteiger charge is 1.98. The SMILES string of the molecule is CCCNCCCSc1n[nH]c(C)n1. The number of rotatable bonds is 7. The van der Waals surface area contributed by atoms with Gasteiger partial charge in [0.25, 0.3) is 0 Å². The molecule has 0 aliphatic carbocycles. The third-order valence-electron chi connectivity index (χ3n) is 1.73. The number of aryl methyl sites for hydroxylation is 1. The van der Waals surface area contributed by atoms with Crippen LogP contribution < -0.4 is 5.32 Å². The second kappa shape index (κ2) is 6.84. The molecule has 0 radical (unpaired) electrons. The summed E-state index contributed by atoms with van der Waals surface area (Å²) in [7, 11) is 0. The molecule has 0 spiro atoms. The highest BCUT2D eigenvalue weighted by Crippen LogP contribution is 2.12. The molecule has 0 fully saturated rings. The van der Waals surface area contributed by atoms with Crippen molar-refractivity contribution in [1.29, 1.82) is 0 Å². The lowest BCUT2D eigenvalue weighted by Crippen LogP contribution is -2.16. The Hall–Kier alpha value is -0.550. The Balaban J connectivity index is 1.99. The van der Waals surface area contributed by atoms with E-state index in [1.54, 1.807) is 11.8 Å². The standard InChI is InChI=1S/C9H18N4S/c1-3-5-10-6-4-7-14-9-11-8(2)12-13-9/h10H,3-7H2,1-2H3,(H,11,12,13). The van der Waals surface area contributed by atoms with Crippen LogP contribution in [0.15, 0.2) is 5.16 Å². The van der Waals surface area contributed by atoms with Crippen molar-refractivity contribution >= 4 is 11.8 Å². The van der Waals surface area contributed by atoms with Crippen molar-refractivity contribution in [2.75, 3.05) is 18.8 Å². The largest absolute Gasteiger partial charge is 0.317 e. The van der Waals surface area contributed by atoms with Crippen LogP contribution in [0.2, 0.25) is 0 Å². The molecule has 80 valence electrons. The summed E-state index contributed by atoms with van der Waals surface area (Å²) in [4.78, 5) is 4.22. The molecule has 0 aliphatic heterocycles. The first kappa shape index (κ1) is 11.5. The zero-order chi connectivity index (χ0) is 10.2. The van der Waals surface area contributed by atoms with E-state index in [0.717, 1.165) is 36.2 Å². The van der Waals surface area contributed by atoms with Crippen LogP contribution in [0.4, 0.5) is 0 Å². The normalized spacial score (nSPS) is 10.7. The zero-order valence-corrected chi connectivity index (χ0v) is 9.65. The van der Waals surface area contributed by atoms with Crippen LogP contribution in [-0.4, -0.2) is 34.0 Å². The quantitative estimate of drug-likeness (QED) is 0.534. The summed E-state index contributed by atoms with van der Waals surface area (Å²) in [5, 5.41) is 11.1. The van der Waals surface area contributed by atoms with Crippen molar-refractivity contribution in [2.45, 2.75) is 31.8 Å². The van der Waals surface area contributed by atoms with Gasteiger partial charge in [-0.3, -0.25) is 5.10 Å². The molecule has 2 N–H and O–H groups in total. The van der Waals surface area contributed by atoms with Crippen molar-refractivity contribution in [1.82, 2.24) is 20.5 Å². The fourth-order valence-corrected chi connectivity index (χ4v) is 1.83. The molecule has 0 amide bonds. The summed E-state index contributed by atoms with van der Waals surface area (Å²) in [5.74, 6) is 1.96. The number of hydrogen-bond donors (Lipinski definition) is 2. The van der Waals surface area contributed by atoms with Crippen LogP contribution in [0.1, 0.15) is 25.6 Å². The highest BCUT2D eigenvalue weighted by atomic mass is 32.2. The minimum absolute atomic E-state index is 0.859. The molecule has 0 saturated heterocycles. The first-order valence-electron chi connectivity index (χ1n) is 5.05. The van der Waals surface area contributed by atoms with Gasteiger partial charge in [-0.15, -0.1) is 5.10 Å². The van der Waals surface area contributed by atoms with Gasteiger partial charge in [-0.1, -0.05) is 18.7 Å². The first-order valence-corrected chi connectivity index (χ1v) is 6.04. The Morgan fingerprint density at radius 2 is 2.29 bits per heavy atom. The smallest absolute Gasteiger partial charge is 0.208 e. The van der Waals surface area contributed by atoms with E-state index >= 15 is 0 Å². The number of aromatic amines is 1. The maximum absolute atomic E-state index is 4.22. The molecule has 0 bridgehead atoms. The second-order valence-corrected chi connectivity index (χ2v) is 4.22. The van der Waals surface area contributed by atoms with Crippen LogP contribution in [0.25, 0.3) is 0 Å². The molecule has 0 aromatic carbocycles. The van der Waals surface area contributed by atoms with Gasteiger partial charge in [0, 0.05) is 5.75 Å². The van der Waals surface area contributed by atoms with Crippen molar-refractivity contribution in [2.24, 2.45) is 0 Å². The Labute approximate surface area is 89.3 Å². The van der Waals surface area contributed by atoms with Crippen LogP contribution >= 0.6 is 11.8 Å². The number of thioether (sulfide) groups is 1. The summed E-state index contributed by atoms with van der Waals surface area (Å²) in [6, 6.07) is 0. The number of hydrogen-bond acceptors (Lipinski definition) is 4. The third kappa shape index (κ3) is 4.62. The first-order chi connectivity index (χ1) is 6.83. The van der Waals surface area contributed by atoms with Gasteiger partial charge in [-0.05, 0) is 32.9 Å². The van der Waals surface area contributed by atoms with E-state index in [1.165, 1.54) is 6.42 Å². The second-order valence-electron chi connectivity index (χ2n) is 3.16. The molecule has 1 aromatic rings. The Kier molecular flexibility index (Phi) is 5.63. The fraction of sp³-hybridized carbons (Fsp3) is 0.778. The molecule has 4 nitrogen and oxygen atoms in total. The summed E-state index contributed by atoms with van der Waals surface area (Å²) < 4.78 is 0. The maximum atomic E-state index is 4.22. The van der Waals surface area contributed by atoms with Gasteiger partial charge < -0.3 is 5.32 Å². The summed E-state index contributed by atoms with van der Waals surface area (Å²) >= 11 is 1.71. The van der Waals surface area contributed by atoms with Gasteiger partial charge in [0.2, 0.25) is 5.16 Å². The van der Waals surface area contributed by atoms with Gasteiger partial charge in [0.05, 0.1) is 0 Å². The van der Waals surface area contributed by atoms with Gasteiger partial charge in [-0.2, -0.15) is 0 Å². The maximum Gasteiger partial charge on any atom is 0.208 e.